The van der Waals surface area contributed by atoms with Crippen molar-refractivity contribution < 1.29 is 9.13 Å². The minimum Gasteiger partial charge on any atom is -0.456 e. The molecule has 0 aliphatic rings. The number of thiocarbonyl (C=S) groups is 1. The lowest BCUT2D eigenvalue weighted by Crippen LogP contribution is -2.11. The summed E-state index contributed by atoms with van der Waals surface area (Å²) < 4.78 is 18.9. The van der Waals surface area contributed by atoms with Crippen LogP contribution in [-0.2, 0) is 0 Å². The maximum absolute atomic E-state index is 13.2. The third kappa shape index (κ3) is 3.03. The zero-order chi connectivity index (χ0) is 14.0. The number of halogens is 2. The molecule has 0 bridgehead atoms. The van der Waals surface area contributed by atoms with Crippen LogP contribution in [-0.4, -0.2) is 4.99 Å². The number of hydrogen-bond donors (Lipinski definition) is 1. The summed E-state index contributed by atoms with van der Waals surface area (Å²) in [6.45, 7) is 1.82. The molecule has 0 fully saturated rings. The molecule has 19 heavy (non-hydrogen) atoms. The van der Waals surface area contributed by atoms with Crippen LogP contribution in [0.1, 0.15) is 11.1 Å². The Morgan fingerprint density at radius 3 is 2.68 bits per heavy atom. The molecular formula is C14H11ClFNOS. The molecular weight excluding hydrogens is 285 g/mol. The van der Waals surface area contributed by atoms with Crippen LogP contribution in [0.15, 0.2) is 36.4 Å². The van der Waals surface area contributed by atoms with Gasteiger partial charge in [-0.1, -0.05) is 36.0 Å². The van der Waals surface area contributed by atoms with Crippen molar-refractivity contribution in [3.63, 3.8) is 0 Å². The number of benzene rings is 2. The molecule has 0 unspecified atom stereocenters. The number of aryl methyl sites for hydroxylation is 1. The monoisotopic (exact) mass is 295 g/mol. The van der Waals surface area contributed by atoms with E-state index in [2.05, 4.69) is 0 Å². The number of ether oxygens (including phenoxy) is 1. The quantitative estimate of drug-likeness (QED) is 0.861. The zero-order valence-corrected chi connectivity index (χ0v) is 11.7. The molecule has 0 atom stereocenters. The van der Waals surface area contributed by atoms with E-state index in [1.165, 1.54) is 12.1 Å². The smallest absolute Gasteiger partial charge is 0.139 e. The fraction of sp³-hybridized carbons (Fsp3) is 0.0714. The Bertz CT molecular complexity index is 645. The lowest BCUT2D eigenvalue weighted by atomic mass is 10.2. The molecule has 0 aromatic heterocycles. The Morgan fingerprint density at radius 1 is 1.26 bits per heavy atom. The Morgan fingerprint density at radius 2 is 2.00 bits per heavy atom. The molecule has 5 heteroatoms. The predicted octanol–water partition coefficient (Wildman–Crippen LogP) is 4.21. The van der Waals surface area contributed by atoms with Gasteiger partial charge < -0.3 is 10.5 Å². The minimum absolute atomic E-state index is 0.134. The predicted molar refractivity (Wildman–Crippen MR) is 78.6 cm³/mol. The van der Waals surface area contributed by atoms with Crippen molar-refractivity contribution in [3.05, 3.63) is 58.4 Å². The van der Waals surface area contributed by atoms with Crippen LogP contribution < -0.4 is 10.5 Å². The maximum Gasteiger partial charge on any atom is 0.139 e. The van der Waals surface area contributed by atoms with Crippen molar-refractivity contribution in [2.75, 3.05) is 0 Å². The number of nitrogens with two attached hydrogens (primary N) is 1. The van der Waals surface area contributed by atoms with Gasteiger partial charge in [-0.2, -0.15) is 0 Å². The van der Waals surface area contributed by atoms with Gasteiger partial charge in [-0.3, -0.25) is 0 Å². The van der Waals surface area contributed by atoms with Crippen molar-refractivity contribution in [1.82, 2.24) is 0 Å². The highest BCUT2D eigenvalue weighted by Gasteiger charge is 2.13. The minimum atomic E-state index is -0.375. The molecule has 2 rings (SSSR count). The lowest BCUT2D eigenvalue weighted by molar-refractivity contribution is 0.472. The second kappa shape index (κ2) is 5.55. The zero-order valence-electron chi connectivity index (χ0n) is 10.1. The van der Waals surface area contributed by atoms with E-state index in [-0.39, 0.29) is 10.8 Å². The van der Waals surface area contributed by atoms with Crippen molar-refractivity contribution in [1.29, 1.82) is 0 Å². The van der Waals surface area contributed by atoms with E-state index in [1.807, 2.05) is 6.92 Å². The third-order valence-corrected chi connectivity index (χ3v) is 3.11. The van der Waals surface area contributed by atoms with Crippen molar-refractivity contribution in [2.45, 2.75) is 6.92 Å². The van der Waals surface area contributed by atoms with Crippen LogP contribution >= 0.6 is 23.8 Å². The van der Waals surface area contributed by atoms with E-state index in [0.717, 1.165) is 5.56 Å². The highest BCUT2D eigenvalue weighted by molar-refractivity contribution is 7.80. The van der Waals surface area contributed by atoms with Crippen LogP contribution in [0.25, 0.3) is 0 Å². The van der Waals surface area contributed by atoms with Crippen molar-refractivity contribution in [2.24, 2.45) is 5.73 Å². The average molecular weight is 296 g/mol. The number of rotatable bonds is 3. The van der Waals surface area contributed by atoms with Crippen LogP contribution in [0, 0.1) is 12.7 Å². The standard InChI is InChI=1S/C14H11ClFNOS/c1-8-5-6-9(16)7-12(8)18-11-4-2-3-10(15)13(11)14(17)19/h2-7H,1H3,(H2,17,19). The average Bonchev–Trinajstić information content (AvgIpc) is 2.33. The second-order valence-electron chi connectivity index (χ2n) is 3.99. The maximum atomic E-state index is 13.2. The van der Waals surface area contributed by atoms with E-state index in [0.29, 0.717) is 22.1 Å². The van der Waals surface area contributed by atoms with Crippen LogP contribution in [0.5, 0.6) is 11.5 Å². The molecule has 0 spiro atoms. The molecule has 98 valence electrons. The van der Waals surface area contributed by atoms with E-state index < -0.39 is 0 Å². The van der Waals surface area contributed by atoms with E-state index >= 15 is 0 Å². The summed E-state index contributed by atoms with van der Waals surface area (Å²) in [6, 6.07) is 9.38. The van der Waals surface area contributed by atoms with Gasteiger partial charge in [0.25, 0.3) is 0 Å². The van der Waals surface area contributed by atoms with Gasteiger partial charge in [0, 0.05) is 6.07 Å². The molecule has 0 aliphatic carbocycles. The van der Waals surface area contributed by atoms with Crippen LogP contribution in [0.2, 0.25) is 5.02 Å². The Kier molecular flexibility index (Phi) is 4.02. The molecule has 0 saturated heterocycles. The summed E-state index contributed by atoms with van der Waals surface area (Å²) in [5.74, 6) is 0.438. The summed E-state index contributed by atoms with van der Waals surface area (Å²) in [5, 5.41) is 0.402. The van der Waals surface area contributed by atoms with Crippen LogP contribution in [0.4, 0.5) is 4.39 Å². The van der Waals surface area contributed by atoms with Gasteiger partial charge in [0.1, 0.15) is 22.3 Å². The first kappa shape index (κ1) is 13.8. The molecule has 0 radical (unpaired) electrons. The summed E-state index contributed by atoms with van der Waals surface area (Å²) in [7, 11) is 0. The first-order valence-electron chi connectivity index (χ1n) is 5.51. The summed E-state index contributed by atoms with van der Waals surface area (Å²) in [4.78, 5) is 0.134. The Balaban J connectivity index is 2.46. The molecule has 0 heterocycles. The summed E-state index contributed by atoms with van der Waals surface area (Å²) in [6.07, 6.45) is 0. The fourth-order valence-electron chi connectivity index (χ4n) is 1.63. The van der Waals surface area contributed by atoms with E-state index in [1.54, 1.807) is 24.3 Å². The first-order chi connectivity index (χ1) is 8.99. The second-order valence-corrected chi connectivity index (χ2v) is 4.84. The number of hydrogen-bond acceptors (Lipinski definition) is 2. The molecule has 0 amide bonds. The third-order valence-electron chi connectivity index (χ3n) is 2.59. The van der Waals surface area contributed by atoms with Gasteiger partial charge in [-0.15, -0.1) is 0 Å². The summed E-state index contributed by atoms with van der Waals surface area (Å²) >= 11 is 11.0. The molecule has 2 aromatic carbocycles. The highest BCUT2D eigenvalue weighted by Crippen LogP contribution is 2.32. The van der Waals surface area contributed by atoms with Crippen molar-refractivity contribution in [3.8, 4) is 11.5 Å². The molecule has 2 aromatic rings. The largest absolute Gasteiger partial charge is 0.456 e. The summed E-state index contributed by atoms with van der Waals surface area (Å²) in [5.41, 5.74) is 6.88. The SMILES string of the molecule is Cc1ccc(F)cc1Oc1cccc(Cl)c1C(N)=S. The molecule has 0 saturated carbocycles. The van der Waals surface area contributed by atoms with Crippen molar-refractivity contribution >= 4 is 28.8 Å². The van der Waals surface area contributed by atoms with E-state index in [4.69, 9.17) is 34.3 Å². The Hall–Kier alpha value is -1.65. The molecule has 0 aliphatic heterocycles. The fourth-order valence-corrected chi connectivity index (χ4v) is 2.17. The molecule has 2 nitrogen and oxygen atoms in total. The van der Waals surface area contributed by atoms with Gasteiger partial charge in [0.15, 0.2) is 0 Å². The normalized spacial score (nSPS) is 10.3. The molecule has 2 N–H and O–H groups in total. The first-order valence-corrected chi connectivity index (χ1v) is 6.30. The Labute approximate surface area is 120 Å². The van der Waals surface area contributed by atoms with Gasteiger partial charge in [0.2, 0.25) is 0 Å². The van der Waals surface area contributed by atoms with Gasteiger partial charge in [-0.25, -0.2) is 4.39 Å². The van der Waals surface area contributed by atoms with Gasteiger partial charge >= 0.3 is 0 Å². The topological polar surface area (TPSA) is 35.2 Å². The van der Waals surface area contributed by atoms with E-state index in [9.17, 15) is 4.39 Å². The highest BCUT2D eigenvalue weighted by atomic mass is 35.5. The van der Waals surface area contributed by atoms with Crippen LogP contribution in [0.3, 0.4) is 0 Å². The lowest BCUT2D eigenvalue weighted by Gasteiger charge is -2.13. The van der Waals surface area contributed by atoms with Gasteiger partial charge in [0.05, 0.1) is 10.6 Å². The van der Waals surface area contributed by atoms with Gasteiger partial charge in [-0.05, 0) is 30.7 Å².